The number of carbonyl (C=O) groups excluding carboxylic acids is 10. The van der Waals surface area contributed by atoms with Gasteiger partial charge >= 0.3 is 47.8 Å². The smallest absolute Gasteiger partial charge is 0.305 e. The summed E-state index contributed by atoms with van der Waals surface area (Å²) in [5, 5.41) is 15.0. The van der Waals surface area contributed by atoms with Gasteiger partial charge in [-0.1, -0.05) is 25.3 Å². The first-order valence-electron chi connectivity index (χ1n) is 20.6. The number of aromatic hydroxyl groups is 1. The highest BCUT2D eigenvalue weighted by atomic mass is 16.7. The van der Waals surface area contributed by atoms with Gasteiger partial charge < -0.3 is 63.1 Å². The van der Waals surface area contributed by atoms with Crippen molar-refractivity contribution in [2.45, 2.75) is 149 Å². The van der Waals surface area contributed by atoms with Gasteiger partial charge in [0.1, 0.15) is 43.3 Å². The lowest BCUT2D eigenvalue weighted by molar-refractivity contribution is -0.271. The summed E-state index contributed by atoms with van der Waals surface area (Å²) in [6.45, 7) is 8.31. The molecule has 3 N–H and O–H groups in total. The summed E-state index contributed by atoms with van der Waals surface area (Å²) >= 11 is 0. The molecule has 1 aromatic rings. The van der Waals surface area contributed by atoms with Crippen LogP contribution in [0.3, 0.4) is 0 Å². The second-order valence-electron chi connectivity index (χ2n) is 15.1. The first kappa shape index (κ1) is 53.0. The van der Waals surface area contributed by atoms with Crippen LogP contribution in [0.4, 0.5) is 0 Å². The van der Waals surface area contributed by atoms with E-state index in [1.807, 2.05) is 0 Å². The van der Waals surface area contributed by atoms with Crippen LogP contribution in [0, 0.1) is 5.92 Å². The number of benzene rings is 1. The Hall–Kier alpha value is -6.36. The van der Waals surface area contributed by atoms with Gasteiger partial charge in [0.15, 0.2) is 24.4 Å². The van der Waals surface area contributed by atoms with Gasteiger partial charge in [-0.15, -0.1) is 0 Å². The van der Waals surface area contributed by atoms with E-state index in [9.17, 15) is 53.1 Å². The van der Waals surface area contributed by atoms with Gasteiger partial charge in [-0.2, -0.15) is 0 Å². The lowest BCUT2D eigenvalue weighted by Gasteiger charge is -2.44. The summed E-state index contributed by atoms with van der Waals surface area (Å²) in [5.74, 6) is -7.17. The maximum absolute atomic E-state index is 12.9. The zero-order valence-electron chi connectivity index (χ0n) is 37.2. The van der Waals surface area contributed by atoms with E-state index in [-0.39, 0.29) is 29.7 Å². The zero-order valence-corrected chi connectivity index (χ0v) is 37.2. The van der Waals surface area contributed by atoms with Crippen molar-refractivity contribution >= 4 is 59.6 Å². The Kier molecular flexibility index (Phi) is 20.6. The average Bonchev–Trinajstić information content (AvgIpc) is 3.20. The Morgan fingerprint density at radius 1 is 0.538 bits per heavy atom. The standard InChI is InChI=1S/C21H25NO11.C21H31NO10/c1-10(23)29-9-16-18(30-11(2)24)19(31-12(3)25)17(21(33-16)32-13(4)26)22-20(28)14-6-5-7-15(27)8-14;1-11(23)28-10-16-18(29-12(2)24)19(30-13(3)25)17(21(32-16)31-14(4)26)22-20(27)15-8-6-5-7-9-15/h5-8,16-19,21,27H,9H2,1-4H3,(H,22,28);15-19,21H,5-10H2,1-4H3,(H,22,27)/t2*16?,17-,18-,19+,21?/m00/s1. The predicted molar refractivity (Wildman–Crippen MR) is 214 cm³/mol. The highest BCUT2D eigenvalue weighted by Crippen LogP contribution is 2.31. The first-order valence-corrected chi connectivity index (χ1v) is 20.6. The van der Waals surface area contributed by atoms with E-state index in [1.54, 1.807) is 0 Å². The fourth-order valence-corrected chi connectivity index (χ4v) is 7.17. The molecule has 2 aliphatic heterocycles. The predicted octanol–water partition coefficient (Wildman–Crippen LogP) is 0.971. The van der Waals surface area contributed by atoms with Crippen LogP contribution in [0.2, 0.25) is 0 Å². The maximum atomic E-state index is 12.9. The summed E-state index contributed by atoms with van der Waals surface area (Å²) in [5.41, 5.74) is 0.0456. The van der Waals surface area contributed by atoms with Crippen molar-refractivity contribution in [1.82, 2.24) is 10.6 Å². The lowest BCUT2D eigenvalue weighted by atomic mass is 9.88. The molecular weight excluding hydrogens is 868 g/mol. The van der Waals surface area contributed by atoms with E-state index < -0.39 is 122 Å². The molecule has 1 saturated carbocycles. The Morgan fingerprint density at radius 3 is 1.32 bits per heavy atom. The Bertz CT molecular complexity index is 1900. The van der Waals surface area contributed by atoms with E-state index in [4.69, 9.17) is 47.4 Å². The Balaban J connectivity index is 0.000000345. The summed E-state index contributed by atoms with van der Waals surface area (Å²) in [6.07, 6.45) is -6.05. The molecule has 3 fully saturated rings. The molecule has 2 amide bonds. The number of hydrogen-bond donors (Lipinski definition) is 3. The van der Waals surface area contributed by atoms with E-state index in [0.29, 0.717) is 12.8 Å². The first-order chi connectivity index (χ1) is 30.6. The summed E-state index contributed by atoms with van der Waals surface area (Å²) in [4.78, 5) is 119. The van der Waals surface area contributed by atoms with Crippen LogP contribution in [-0.2, 0) is 90.5 Å². The molecule has 4 unspecified atom stereocenters. The Labute approximate surface area is 373 Å². The number of phenols is 1. The fraction of sp³-hybridized carbons (Fsp3) is 0.619. The van der Waals surface area contributed by atoms with Gasteiger partial charge in [0, 0.05) is 66.9 Å². The molecular formula is C42H56N2O21. The second-order valence-corrected chi connectivity index (χ2v) is 15.1. The van der Waals surface area contributed by atoms with Crippen LogP contribution in [0.1, 0.15) is 97.9 Å². The molecule has 23 heteroatoms. The lowest BCUT2D eigenvalue weighted by Crippen LogP contribution is -2.67. The van der Waals surface area contributed by atoms with Crippen LogP contribution in [0.15, 0.2) is 24.3 Å². The molecule has 1 aliphatic carbocycles. The Morgan fingerprint density at radius 2 is 0.938 bits per heavy atom. The van der Waals surface area contributed by atoms with Crippen molar-refractivity contribution in [3.63, 3.8) is 0 Å². The molecule has 10 atom stereocenters. The van der Waals surface area contributed by atoms with Crippen molar-refractivity contribution in [1.29, 1.82) is 0 Å². The number of nitrogens with one attached hydrogen (secondary N) is 2. The van der Waals surface area contributed by atoms with E-state index in [0.717, 1.165) is 67.7 Å². The number of esters is 8. The van der Waals surface area contributed by atoms with Gasteiger partial charge in [-0.25, -0.2) is 0 Å². The minimum Gasteiger partial charge on any atom is -0.508 e. The topological polar surface area (TPSA) is 307 Å². The van der Waals surface area contributed by atoms with Crippen LogP contribution in [-0.4, -0.2) is 139 Å². The van der Waals surface area contributed by atoms with Gasteiger partial charge in [0.25, 0.3) is 5.91 Å². The van der Waals surface area contributed by atoms with Crippen LogP contribution >= 0.6 is 0 Å². The molecule has 65 heavy (non-hydrogen) atoms. The number of phenolic OH excluding ortho intramolecular Hbond substituents is 1. The SMILES string of the molecule is CC(=O)OCC1OC(OC(C)=O)[C@@H](NC(=O)C2CCCCC2)[C@@H](OC(C)=O)[C@H]1OC(C)=O.CC(=O)OCC1OC(OC(C)=O)[C@@H](NC(=O)c2cccc(O)c2)[C@@H](OC(C)=O)[C@H]1OC(C)=O. The van der Waals surface area contributed by atoms with E-state index >= 15 is 0 Å². The van der Waals surface area contributed by atoms with Crippen molar-refractivity contribution in [3.05, 3.63) is 29.8 Å². The van der Waals surface area contributed by atoms with Crippen LogP contribution < -0.4 is 10.6 Å². The molecule has 2 heterocycles. The van der Waals surface area contributed by atoms with Crippen molar-refractivity contribution < 1.29 is 100 Å². The largest absolute Gasteiger partial charge is 0.508 e. The maximum Gasteiger partial charge on any atom is 0.305 e. The molecule has 1 aromatic carbocycles. The average molecular weight is 925 g/mol. The van der Waals surface area contributed by atoms with Crippen LogP contribution in [0.25, 0.3) is 0 Å². The third kappa shape index (κ3) is 17.3. The summed E-state index contributed by atoms with van der Waals surface area (Å²) in [6, 6.07) is 2.92. The van der Waals surface area contributed by atoms with Gasteiger partial charge in [-0.05, 0) is 31.0 Å². The molecule has 0 bridgehead atoms. The van der Waals surface area contributed by atoms with E-state index in [2.05, 4.69) is 10.6 Å². The monoisotopic (exact) mass is 924 g/mol. The highest BCUT2D eigenvalue weighted by molar-refractivity contribution is 5.95. The zero-order chi connectivity index (χ0) is 48.5. The molecule has 2 saturated heterocycles. The molecule has 0 aromatic heterocycles. The minimum atomic E-state index is -1.50. The molecule has 0 radical (unpaired) electrons. The molecule has 23 nitrogen and oxygen atoms in total. The third-order valence-electron chi connectivity index (χ3n) is 9.66. The van der Waals surface area contributed by atoms with Crippen molar-refractivity contribution in [3.8, 4) is 5.75 Å². The summed E-state index contributed by atoms with van der Waals surface area (Å²) in [7, 11) is 0. The van der Waals surface area contributed by atoms with E-state index in [1.165, 1.54) is 31.2 Å². The number of hydrogen-bond acceptors (Lipinski definition) is 21. The summed E-state index contributed by atoms with van der Waals surface area (Å²) < 4.78 is 53.2. The number of ether oxygens (including phenoxy) is 10. The fourth-order valence-electron chi connectivity index (χ4n) is 7.17. The van der Waals surface area contributed by atoms with Crippen molar-refractivity contribution in [2.75, 3.05) is 13.2 Å². The van der Waals surface area contributed by atoms with Gasteiger partial charge in [0.2, 0.25) is 18.5 Å². The van der Waals surface area contributed by atoms with Gasteiger partial charge in [0.05, 0.1) is 0 Å². The molecule has 3 aliphatic rings. The minimum absolute atomic E-state index is 0.0456. The van der Waals surface area contributed by atoms with Gasteiger partial charge in [-0.3, -0.25) is 47.9 Å². The second kappa shape index (κ2) is 25.2. The normalized spacial score (nSPS) is 26.2. The molecule has 4 rings (SSSR count). The number of amides is 2. The third-order valence-corrected chi connectivity index (χ3v) is 9.66. The quantitative estimate of drug-likeness (QED) is 0.173. The number of carbonyl (C=O) groups is 10. The van der Waals surface area contributed by atoms with Crippen LogP contribution in [0.5, 0.6) is 5.75 Å². The highest BCUT2D eigenvalue weighted by Gasteiger charge is 2.54. The molecule has 360 valence electrons. The molecule has 0 spiro atoms. The number of rotatable bonds is 14. The van der Waals surface area contributed by atoms with Crippen molar-refractivity contribution in [2.24, 2.45) is 5.92 Å².